The van der Waals surface area contributed by atoms with Crippen molar-refractivity contribution in [2.45, 2.75) is 63.8 Å². The summed E-state index contributed by atoms with van der Waals surface area (Å²) in [6, 6.07) is 4.38. The van der Waals surface area contributed by atoms with Crippen LogP contribution in [0, 0.1) is 0 Å². The van der Waals surface area contributed by atoms with Gasteiger partial charge in [-0.1, -0.05) is 6.92 Å². The van der Waals surface area contributed by atoms with Gasteiger partial charge in [-0.25, -0.2) is 0 Å². The van der Waals surface area contributed by atoms with Gasteiger partial charge in [0.15, 0.2) is 5.79 Å². The Hall–Kier alpha value is -1.33. The standard InChI is InChI=1S/C17H26N2O3/c1-3-13(2)18-15-5-4-10-19(16(15)20)14-6-8-17(9-7-14)21-11-12-22-17/h4-5,10,13-14,18H,3,6-9,11-12H2,1-2H3. The van der Waals surface area contributed by atoms with Gasteiger partial charge in [0.05, 0.1) is 13.2 Å². The molecule has 1 aromatic rings. The lowest BCUT2D eigenvalue weighted by atomic mass is 9.90. The fraction of sp³-hybridized carbons (Fsp3) is 0.706. The third-order valence-electron chi connectivity index (χ3n) is 4.91. The molecule has 1 saturated heterocycles. The Balaban J connectivity index is 1.73. The van der Waals surface area contributed by atoms with Crippen LogP contribution in [0.15, 0.2) is 23.1 Å². The quantitative estimate of drug-likeness (QED) is 0.929. The summed E-state index contributed by atoms with van der Waals surface area (Å²) in [6.45, 7) is 5.59. The second kappa shape index (κ2) is 6.42. The van der Waals surface area contributed by atoms with Gasteiger partial charge >= 0.3 is 0 Å². The molecule has 1 unspecified atom stereocenters. The predicted molar refractivity (Wildman–Crippen MR) is 86.2 cm³/mol. The first-order valence-electron chi connectivity index (χ1n) is 8.39. The van der Waals surface area contributed by atoms with Crippen LogP contribution < -0.4 is 10.9 Å². The molecule has 1 spiro atoms. The van der Waals surface area contributed by atoms with E-state index in [1.165, 1.54) is 0 Å². The average molecular weight is 306 g/mol. The zero-order valence-corrected chi connectivity index (χ0v) is 13.5. The molecular formula is C17H26N2O3. The molecule has 2 heterocycles. The molecule has 2 fully saturated rings. The number of hydrogen-bond acceptors (Lipinski definition) is 4. The minimum absolute atomic E-state index is 0.0806. The number of nitrogens with zero attached hydrogens (tertiary/aromatic N) is 1. The number of pyridine rings is 1. The number of anilines is 1. The van der Waals surface area contributed by atoms with E-state index in [2.05, 4.69) is 19.2 Å². The van der Waals surface area contributed by atoms with E-state index in [9.17, 15) is 4.79 Å². The van der Waals surface area contributed by atoms with Crippen LogP contribution >= 0.6 is 0 Å². The van der Waals surface area contributed by atoms with E-state index >= 15 is 0 Å². The Labute approximate surface area is 131 Å². The predicted octanol–water partition coefficient (Wildman–Crippen LogP) is 2.92. The maximum Gasteiger partial charge on any atom is 0.274 e. The summed E-state index contributed by atoms with van der Waals surface area (Å²) in [6.07, 6.45) is 6.48. The highest BCUT2D eigenvalue weighted by Crippen LogP contribution is 2.39. The van der Waals surface area contributed by atoms with Gasteiger partial charge < -0.3 is 19.4 Å². The monoisotopic (exact) mass is 306 g/mol. The van der Waals surface area contributed by atoms with Crippen LogP contribution in [0.3, 0.4) is 0 Å². The van der Waals surface area contributed by atoms with E-state index in [-0.39, 0.29) is 17.4 Å². The van der Waals surface area contributed by atoms with E-state index < -0.39 is 0 Å². The molecule has 3 rings (SSSR count). The Morgan fingerprint density at radius 1 is 1.36 bits per heavy atom. The van der Waals surface area contributed by atoms with Gasteiger partial charge in [0.2, 0.25) is 0 Å². The van der Waals surface area contributed by atoms with Gasteiger partial charge in [-0.05, 0) is 38.3 Å². The summed E-state index contributed by atoms with van der Waals surface area (Å²) in [5, 5.41) is 3.31. The molecular weight excluding hydrogens is 280 g/mol. The van der Waals surface area contributed by atoms with Crippen molar-refractivity contribution in [3.63, 3.8) is 0 Å². The first-order chi connectivity index (χ1) is 10.6. The molecule has 1 aliphatic carbocycles. The molecule has 0 radical (unpaired) electrons. The van der Waals surface area contributed by atoms with Crippen molar-refractivity contribution >= 4 is 5.69 Å². The van der Waals surface area contributed by atoms with Gasteiger partial charge in [-0.2, -0.15) is 0 Å². The van der Waals surface area contributed by atoms with Crippen LogP contribution in [0.25, 0.3) is 0 Å². The molecule has 5 heteroatoms. The highest BCUT2D eigenvalue weighted by atomic mass is 16.7. The van der Waals surface area contributed by atoms with Crippen LogP contribution in [0.5, 0.6) is 0 Å². The molecule has 0 bridgehead atoms. The van der Waals surface area contributed by atoms with Crippen LogP contribution in [0.4, 0.5) is 5.69 Å². The lowest BCUT2D eigenvalue weighted by molar-refractivity contribution is -0.181. The largest absolute Gasteiger partial charge is 0.378 e. The summed E-state index contributed by atoms with van der Waals surface area (Å²) < 4.78 is 13.4. The van der Waals surface area contributed by atoms with Gasteiger partial charge in [-0.3, -0.25) is 4.79 Å². The molecule has 1 aliphatic heterocycles. The lowest BCUT2D eigenvalue weighted by Gasteiger charge is -2.36. The smallest absolute Gasteiger partial charge is 0.274 e. The van der Waals surface area contributed by atoms with Gasteiger partial charge in [0, 0.05) is 31.1 Å². The van der Waals surface area contributed by atoms with Gasteiger partial charge in [0.1, 0.15) is 5.69 Å². The Morgan fingerprint density at radius 2 is 2.05 bits per heavy atom. The fourth-order valence-electron chi connectivity index (χ4n) is 3.38. The Bertz CT molecular complexity index is 553. The summed E-state index contributed by atoms with van der Waals surface area (Å²) in [5.41, 5.74) is 0.780. The number of hydrogen-bond donors (Lipinski definition) is 1. The lowest BCUT2D eigenvalue weighted by Crippen LogP contribution is -2.38. The topological polar surface area (TPSA) is 52.5 Å². The van der Waals surface area contributed by atoms with Crippen molar-refractivity contribution in [3.8, 4) is 0 Å². The number of nitrogens with one attached hydrogen (secondary N) is 1. The van der Waals surface area contributed by atoms with Gasteiger partial charge in [0.25, 0.3) is 5.56 Å². The SMILES string of the molecule is CCC(C)Nc1cccn(C2CCC3(CC2)OCCO3)c1=O. The van der Waals surface area contributed by atoms with E-state index in [1.54, 1.807) is 0 Å². The van der Waals surface area contributed by atoms with Gasteiger partial charge in [-0.15, -0.1) is 0 Å². The van der Waals surface area contributed by atoms with Crippen molar-refractivity contribution in [1.29, 1.82) is 0 Å². The molecule has 122 valence electrons. The molecule has 0 aromatic carbocycles. The van der Waals surface area contributed by atoms with E-state index in [1.807, 2.05) is 22.9 Å². The molecule has 0 amide bonds. The fourth-order valence-corrected chi connectivity index (χ4v) is 3.38. The summed E-state index contributed by atoms with van der Waals surface area (Å²) >= 11 is 0. The van der Waals surface area contributed by atoms with E-state index in [0.29, 0.717) is 24.9 Å². The second-order valence-corrected chi connectivity index (χ2v) is 6.43. The van der Waals surface area contributed by atoms with Crippen molar-refractivity contribution in [3.05, 3.63) is 28.7 Å². The molecule has 1 N–H and O–H groups in total. The Morgan fingerprint density at radius 3 is 2.68 bits per heavy atom. The maximum atomic E-state index is 12.7. The third kappa shape index (κ3) is 3.06. The molecule has 1 aromatic heterocycles. The first-order valence-corrected chi connectivity index (χ1v) is 8.39. The third-order valence-corrected chi connectivity index (χ3v) is 4.91. The van der Waals surface area contributed by atoms with Crippen LogP contribution in [0.2, 0.25) is 0 Å². The summed E-state index contributed by atoms with van der Waals surface area (Å²) in [7, 11) is 0. The number of aromatic nitrogens is 1. The van der Waals surface area contributed by atoms with Crippen molar-refractivity contribution < 1.29 is 9.47 Å². The molecule has 2 aliphatic rings. The number of ether oxygens (including phenoxy) is 2. The maximum absolute atomic E-state index is 12.7. The van der Waals surface area contributed by atoms with Crippen LogP contribution in [-0.4, -0.2) is 29.6 Å². The first kappa shape index (κ1) is 15.6. The second-order valence-electron chi connectivity index (χ2n) is 6.43. The molecule has 1 atom stereocenters. The average Bonchev–Trinajstić information content (AvgIpc) is 2.98. The van der Waals surface area contributed by atoms with E-state index in [4.69, 9.17) is 9.47 Å². The molecule has 22 heavy (non-hydrogen) atoms. The van der Waals surface area contributed by atoms with Crippen LogP contribution in [0.1, 0.15) is 52.0 Å². The molecule has 1 saturated carbocycles. The number of rotatable bonds is 4. The van der Waals surface area contributed by atoms with Crippen molar-refractivity contribution in [2.24, 2.45) is 0 Å². The normalized spacial score (nSPS) is 22.8. The van der Waals surface area contributed by atoms with E-state index in [0.717, 1.165) is 32.1 Å². The Kier molecular flexibility index (Phi) is 4.54. The zero-order chi connectivity index (χ0) is 15.6. The highest BCUT2D eigenvalue weighted by Gasteiger charge is 2.40. The summed E-state index contributed by atoms with van der Waals surface area (Å²) in [4.78, 5) is 12.7. The van der Waals surface area contributed by atoms with Crippen molar-refractivity contribution in [2.75, 3.05) is 18.5 Å². The zero-order valence-electron chi connectivity index (χ0n) is 13.5. The molecule has 5 nitrogen and oxygen atoms in total. The minimum atomic E-state index is -0.368. The minimum Gasteiger partial charge on any atom is -0.378 e. The highest BCUT2D eigenvalue weighted by molar-refractivity contribution is 5.41. The van der Waals surface area contributed by atoms with Crippen molar-refractivity contribution in [1.82, 2.24) is 4.57 Å². The van der Waals surface area contributed by atoms with Crippen LogP contribution in [-0.2, 0) is 9.47 Å². The summed E-state index contributed by atoms with van der Waals surface area (Å²) in [5.74, 6) is -0.368.